The Morgan fingerprint density at radius 3 is 2.20 bits per heavy atom. The zero-order valence-electron chi connectivity index (χ0n) is 20.9. The molecule has 0 spiro atoms. The fraction of sp³-hybridized carbons (Fsp3) is 0.467. The molecule has 35 heavy (non-hydrogen) atoms. The molecule has 188 valence electrons. The third kappa shape index (κ3) is 9.97. The summed E-state index contributed by atoms with van der Waals surface area (Å²) in [5.74, 6) is 0.410. The first-order valence-electron chi connectivity index (χ1n) is 13.1. The van der Waals surface area contributed by atoms with Crippen LogP contribution < -0.4 is 9.47 Å². The molecule has 5 heteroatoms. The van der Waals surface area contributed by atoms with Gasteiger partial charge in [-0.25, -0.2) is 9.59 Å². The minimum atomic E-state index is -0.481. The molecule has 0 bridgehead atoms. The van der Waals surface area contributed by atoms with E-state index in [1.807, 2.05) is 24.3 Å². The summed E-state index contributed by atoms with van der Waals surface area (Å²) in [4.78, 5) is 24.5. The van der Waals surface area contributed by atoms with Gasteiger partial charge in [-0.3, -0.25) is 0 Å². The molecule has 3 rings (SSSR count). The average Bonchev–Trinajstić information content (AvgIpc) is 2.88. The van der Waals surface area contributed by atoms with E-state index in [0.29, 0.717) is 11.3 Å². The first-order chi connectivity index (χ1) is 17.1. The molecule has 0 radical (unpaired) electrons. The van der Waals surface area contributed by atoms with Gasteiger partial charge >= 0.3 is 11.9 Å². The summed E-state index contributed by atoms with van der Waals surface area (Å²) < 4.78 is 16.7. The Kier molecular flexibility index (Phi) is 11.4. The maximum absolute atomic E-state index is 12.3. The van der Waals surface area contributed by atoms with Crippen molar-refractivity contribution in [1.29, 1.82) is 0 Å². The van der Waals surface area contributed by atoms with Crippen molar-refractivity contribution in [2.24, 2.45) is 0 Å². The SMILES string of the molecule is CCCCCCCCOc1ccc(/C=C/C(=O)Oc2ccc(C(=O)OC3CCCCC3)cc2)cc1. The number of unbranched alkanes of at least 4 members (excludes halogenated alkanes) is 5. The maximum Gasteiger partial charge on any atom is 0.338 e. The summed E-state index contributed by atoms with van der Waals surface area (Å²) in [7, 11) is 0. The Morgan fingerprint density at radius 1 is 0.829 bits per heavy atom. The minimum Gasteiger partial charge on any atom is -0.494 e. The van der Waals surface area contributed by atoms with E-state index in [9.17, 15) is 9.59 Å². The predicted molar refractivity (Wildman–Crippen MR) is 139 cm³/mol. The van der Waals surface area contributed by atoms with Crippen molar-refractivity contribution in [2.45, 2.75) is 83.7 Å². The van der Waals surface area contributed by atoms with E-state index in [-0.39, 0.29) is 12.1 Å². The van der Waals surface area contributed by atoms with Gasteiger partial charge in [0.05, 0.1) is 12.2 Å². The van der Waals surface area contributed by atoms with Crippen LogP contribution in [0.2, 0.25) is 0 Å². The third-order valence-electron chi connectivity index (χ3n) is 6.19. The van der Waals surface area contributed by atoms with Crippen molar-refractivity contribution in [3.8, 4) is 11.5 Å². The van der Waals surface area contributed by atoms with Gasteiger partial charge in [-0.2, -0.15) is 0 Å². The van der Waals surface area contributed by atoms with Crippen LogP contribution in [0.4, 0.5) is 0 Å². The molecule has 5 nitrogen and oxygen atoms in total. The van der Waals surface area contributed by atoms with E-state index in [1.165, 1.54) is 44.6 Å². The van der Waals surface area contributed by atoms with E-state index in [1.54, 1.807) is 30.3 Å². The van der Waals surface area contributed by atoms with Crippen molar-refractivity contribution in [2.75, 3.05) is 6.61 Å². The molecule has 2 aromatic carbocycles. The Hall–Kier alpha value is -3.08. The number of esters is 2. The molecule has 0 saturated heterocycles. The van der Waals surface area contributed by atoms with Gasteiger partial charge in [0.15, 0.2) is 0 Å². The van der Waals surface area contributed by atoms with Crippen molar-refractivity contribution in [1.82, 2.24) is 0 Å². The van der Waals surface area contributed by atoms with Gasteiger partial charge in [-0.05, 0) is 80.1 Å². The van der Waals surface area contributed by atoms with Gasteiger partial charge in [0, 0.05) is 6.08 Å². The van der Waals surface area contributed by atoms with Crippen LogP contribution in [0.15, 0.2) is 54.6 Å². The number of ether oxygens (including phenoxy) is 3. The smallest absolute Gasteiger partial charge is 0.338 e. The number of hydrogen-bond acceptors (Lipinski definition) is 5. The van der Waals surface area contributed by atoms with Crippen molar-refractivity contribution >= 4 is 18.0 Å². The lowest BCUT2D eigenvalue weighted by Gasteiger charge is -2.21. The molecule has 1 aliphatic carbocycles. The molecule has 0 atom stereocenters. The Labute approximate surface area is 209 Å². The molecule has 1 saturated carbocycles. The lowest BCUT2D eigenvalue weighted by molar-refractivity contribution is -0.128. The molecule has 1 fully saturated rings. The van der Waals surface area contributed by atoms with Crippen LogP contribution in [0.25, 0.3) is 6.08 Å². The Bertz CT molecular complexity index is 924. The van der Waals surface area contributed by atoms with Crippen LogP contribution in [0, 0.1) is 0 Å². The number of carbonyl (C=O) groups is 2. The van der Waals surface area contributed by atoms with Crippen LogP contribution in [-0.2, 0) is 9.53 Å². The van der Waals surface area contributed by atoms with E-state index in [2.05, 4.69) is 6.92 Å². The molecule has 0 aliphatic heterocycles. The normalized spacial score (nSPS) is 14.1. The van der Waals surface area contributed by atoms with Gasteiger partial charge < -0.3 is 14.2 Å². The van der Waals surface area contributed by atoms with Crippen LogP contribution >= 0.6 is 0 Å². The molecule has 2 aromatic rings. The van der Waals surface area contributed by atoms with Gasteiger partial charge in [-0.1, -0.05) is 57.6 Å². The summed E-state index contributed by atoms with van der Waals surface area (Å²) in [5.41, 5.74) is 1.35. The average molecular weight is 479 g/mol. The lowest BCUT2D eigenvalue weighted by Crippen LogP contribution is -2.20. The second-order valence-corrected chi connectivity index (χ2v) is 9.13. The number of benzene rings is 2. The topological polar surface area (TPSA) is 61.8 Å². The second-order valence-electron chi connectivity index (χ2n) is 9.13. The van der Waals surface area contributed by atoms with Crippen molar-refractivity contribution < 1.29 is 23.8 Å². The van der Waals surface area contributed by atoms with Crippen LogP contribution in [0.3, 0.4) is 0 Å². The maximum atomic E-state index is 12.3. The van der Waals surface area contributed by atoms with Crippen LogP contribution in [-0.4, -0.2) is 24.6 Å². The summed E-state index contributed by atoms with van der Waals surface area (Å²) in [6.07, 6.45) is 15.8. The summed E-state index contributed by atoms with van der Waals surface area (Å²) in [5, 5.41) is 0. The van der Waals surface area contributed by atoms with E-state index in [4.69, 9.17) is 14.2 Å². The van der Waals surface area contributed by atoms with Crippen molar-refractivity contribution in [3.63, 3.8) is 0 Å². The largest absolute Gasteiger partial charge is 0.494 e. The molecule has 0 aromatic heterocycles. The molecular formula is C30H38O5. The van der Waals surface area contributed by atoms with Crippen LogP contribution in [0.5, 0.6) is 11.5 Å². The first-order valence-corrected chi connectivity index (χ1v) is 13.1. The second kappa shape index (κ2) is 15.0. The highest BCUT2D eigenvalue weighted by Gasteiger charge is 2.18. The van der Waals surface area contributed by atoms with Crippen LogP contribution in [0.1, 0.15) is 93.5 Å². The summed E-state index contributed by atoms with van der Waals surface area (Å²) in [6.45, 7) is 2.95. The van der Waals surface area contributed by atoms with Gasteiger partial charge in [0.2, 0.25) is 0 Å². The molecule has 0 N–H and O–H groups in total. The fourth-order valence-electron chi connectivity index (χ4n) is 4.12. The number of carbonyl (C=O) groups excluding carboxylic acids is 2. The zero-order valence-corrected chi connectivity index (χ0v) is 20.9. The van der Waals surface area contributed by atoms with Gasteiger partial charge in [0.1, 0.15) is 17.6 Å². The van der Waals surface area contributed by atoms with Gasteiger partial charge in [-0.15, -0.1) is 0 Å². The molecule has 0 unspecified atom stereocenters. The highest BCUT2D eigenvalue weighted by atomic mass is 16.5. The van der Waals surface area contributed by atoms with Crippen molar-refractivity contribution in [3.05, 3.63) is 65.7 Å². The standard InChI is InChI=1S/C30H38O5/c1-2-3-4-5-6-10-23-33-26-18-13-24(14-19-26)15-22-29(31)34-28-20-16-25(17-21-28)30(32)35-27-11-8-7-9-12-27/h13-22,27H,2-12,23H2,1H3/b22-15+. The highest BCUT2D eigenvalue weighted by Crippen LogP contribution is 2.22. The molecule has 0 heterocycles. The Morgan fingerprint density at radius 2 is 1.49 bits per heavy atom. The molecule has 0 amide bonds. The minimum absolute atomic E-state index is 0.0137. The Balaban J connectivity index is 1.38. The van der Waals surface area contributed by atoms with E-state index >= 15 is 0 Å². The number of hydrogen-bond donors (Lipinski definition) is 0. The molecule has 1 aliphatic rings. The highest BCUT2D eigenvalue weighted by molar-refractivity contribution is 5.90. The van der Waals surface area contributed by atoms with Gasteiger partial charge in [0.25, 0.3) is 0 Å². The monoisotopic (exact) mass is 478 g/mol. The molecular weight excluding hydrogens is 440 g/mol. The fourth-order valence-corrected chi connectivity index (χ4v) is 4.12. The lowest BCUT2D eigenvalue weighted by atomic mass is 9.98. The summed E-state index contributed by atoms with van der Waals surface area (Å²) in [6, 6.07) is 14.1. The van der Waals surface area contributed by atoms with E-state index in [0.717, 1.165) is 50.0 Å². The predicted octanol–water partition coefficient (Wildman–Crippen LogP) is 7.53. The van der Waals surface area contributed by atoms with E-state index < -0.39 is 5.97 Å². The zero-order chi connectivity index (χ0) is 24.7. The number of rotatable bonds is 13. The summed E-state index contributed by atoms with van der Waals surface area (Å²) >= 11 is 0. The first kappa shape index (κ1) is 26.5. The third-order valence-corrected chi connectivity index (χ3v) is 6.19. The quantitative estimate of drug-likeness (QED) is 0.129.